The topological polar surface area (TPSA) is 52.5 Å². The van der Waals surface area contributed by atoms with Crippen LogP contribution in [0, 0.1) is 0 Å². The van der Waals surface area contributed by atoms with Crippen LogP contribution >= 0.6 is 0 Å². The van der Waals surface area contributed by atoms with E-state index in [0.29, 0.717) is 0 Å². The summed E-state index contributed by atoms with van der Waals surface area (Å²) >= 11 is 0. The largest absolute Gasteiger partial charge is 0.394 e. The van der Waals surface area contributed by atoms with Crippen LogP contribution in [0.5, 0.6) is 0 Å². The average Bonchev–Trinajstić information content (AvgIpc) is 3.10. The monoisotopic (exact) mass is 310 g/mol. The number of rotatable bonds is 3. The molecule has 4 rings (SSSR count). The van der Waals surface area contributed by atoms with Gasteiger partial charge in [0.1, 0.15) is 18.0 Å². The second-order valence-electron chi connectivity index (χ2n) is 6.35. The van der Waals surface area contributed by atoms with Gasteiger partial charge in [-0.1, -0.05) is 24.3 Å². The summed E-state index contributed by atoms with van der Waals surface area (Å²) in [6.45, 7) is 3.04. The van der Waals surface area contributed by atoms with Gasteiger partial charge in [0.15, 0.2) is 0 Å². The van der Waals surface area contributed by atoms with Gasteiger partial charge in [0, 0.05) is 25.7 Å². The van der Waals surface area contributed by atoms with Gasteiger partial charge in [0.05, 0.1) is 12.6 Å². The second kappa shape index (κ2) is 6.16. The lowest BCUT2D eigenvalue weighted by Crippen LogP contribution is -2.34. The van der Waals surface area contributed by atoms with Gasteiger partial charge >= 0.3 is 0 Å². The van der Waals surface area contributed by atoms with Crippen LogP contribution in [0.2, 0.25) is 0 Å². The zero-order valence-electron chi connectivity index (χ0n) is 13.2. The minimum absolute atomic E-state index is 0.191. The van der Waals surface area contributed by atoms with Crippen LogP contribution in [0.15, 0.2) is 36.7 Å². The quantitative estimate of drug-likeness (QED) is 0.940. The minimum atomic E-state index is 0.191. The number of aliphatic hydroxyl groups is 1. The molecule has 2 aliphatic rings. The number of aromatic nitrogens is 2. The van der Waals surface area contributed by atoms with Crippen LogP contribution in [-0.4, -0.2) is 40.8 Å². The number of benzene rings is 1. The Morgan fingerprint density at radius 1 is 1.09 bits per heavy atom. The molecule has 120 valence electrons. The van der Waals surface area contributed by atoms with Gasteiger partial charge in [-0.25, -0.2) is 9.97 Å². The van der Waals surface area contributed by atoms with E-state index in [0.717, 1.165) is 50.5 Å². The van der Waals surface area contributed by atoms with E-state index >= 15 is 0 Å². The third-order valence-electron chi connectivity index (χ3n) is 4.98. The van der Waals surface area contributed by atoms with Gasteiger partial charge in [-0.15, -0.1) is 0 Å². The molecule has 0 bridgehead atoms. The highest BCUT2D eigenvalue weighted by Crippen LogP contribution is 2.28. The first-order chi connectivity index (χ1) is 11.3. The molecular weight excluding hydrogens is 288 g/mol. The fourth-order valence-electron chi connectivity index (χ4n) is 3.69. The first-order valence-electron chi connectivity index (χ1n) is 8.36. The Bertz CT molecular complexity index is 690. The third kappa shape index (κ3) is 2.77. The molecule has 5 heteroatoms. The Morgan fingerprint density at radius 3 is 2.78 bits per heavy atom. The van der Waals surface area contributed by atoms with Crippen molar-refractivity contribution >= 4 is 11.6 Å². The van der Waals surface area contributed by atoms with Gasteiger partial charge in [0.25, 0.3) is 0 Å². The fraction of sp³-hybridized carbons (Fsp3) is 0.444. The van der Waals surface area contributed by atoms with Gasteiger partial charge in [0.2, 0.25) is 0 Å². The summed E-state index contributed by atoms with van der Waals surface area (Å²) in [6.07, 6.45) is 4.85. The number of aliphatic hydroxyl groups excluding tert-OH is 1. The van der Waals surface area contributed by atoms with E-state index in [4.69, 9.17) is 0 Å². The molecule has 0 amide bonds. The lowest BCUT2D eigenvalue weighted by molar-refractivity contribution is 0.266. The predicted octanol–water partition coefficient (Wildman–Crippen LogP) is 2.00. The molecule has 0 aliphatic carbocycles. The zero-order chi connectivity index (χ0) is 15.6. The number of fused-ring (bicyclic) bond motifs is 1. The number of hydrogen-bond acceptors (Lipinski definition) is 5. The number of nitrogens with zero attached hydrogens (tertiary/aromatic N) is 4. The molecule has 5 nitrogen and oxygen atoms in total. The number of anilines is 2. The standard InChI is InChI=1S/C18H22N4O/c23-12-16-6-3-8-22(16)18-10-17(19-13-20-18)21-9-7-14-4-1-2-5-15(14)11-21/h1-2,4-5,10,13,16,23H,3,6-9,11-12H2/t16-/m1/s1. The summed E-state index contributed by atoms with van der Waals surface area (Å²) in [5.41, 5.74) is 2.83. The third-order valence-corrected chi connectivity index (χ3v) is 4.98. The fourth-order valence-corrected chi connectivity index (χ4v) is 3.69. The van der Waals surface area contributed by atoms with E-state index in [-0.39, 0.29) is 12.6 Å². The molecule has 2 aliphatic heterocycles. The van der Waals surface area contributed by atoms with Crippen LogP contribution in [0.25, 0.3) is 0 Å². The molecule has 1 fully saturated rings. The van der Waals surface area contributed by atoms with Crippen LogP contribution < -0.4 is 9.80 Å². The molecule has 23 heavy (non-hydrogen) atoms. The van der Waals surface area contributed by atoms with Crippen molar-refractivity contribution in [3.63, 3.8) is 0 Å². The molecule has 0 unspecified atom stereocenters. The van der Waals surface area contributed by atoms with Gasteiger partial charge in [-0.05, 0) is 30.4 Å². The first kappa shape index (κ1) is 14.5. The summed E-state index contributed by atoms with van der Waals surface area (Å²) in [5.74, 6) is 1.92. The van der Waals surface area contributed by atoms with Gasteiger partial charge in [-0.2, -0.15) is 0 Å². The maximum absolute atomic E-state index is 9.53. The van der Waals surface area contributed by atoms with E-state index in [9.17, 15) is 5.11 Å². The molecule has 0 radical (unpaired) electrons. The van der Waals surface area contributed by atoms with Crippen molar-refractivity contribution in [2.24, 2.45) is 0 Å². The molecular formula is C18H22N4O. The lowest BCUT2D eigenvalue weighted by Gasteiger charge is -2.31. The van der Waals surface area contributed by atoms with Crippen molar-refractivity contribution in [1.82, 2.24) is 9.97 Å². The SMILES string of the molecule is OC[C@H]1CCCN1c1cc(N2CCc3ccccc3C2)ncn1. The van der Waals surface area contributed by atoms with Crippen LogP contribution in [0.3, 0.4) is 0 Å². The van der Waals surface area contributed by atoms with E-state index in [1.54, 1.807) is 6.33 Å². The van der Waals surface area contributed by atoms with Crippen LogP contribution in [0.1, 0.15) is 24.0 Å². The van der Waals surface area contributed by atoms with Crippen molar-refractivity contribution in [2.75, 3.05) is 29.5 Å². The van der Waals surface area contributed by atoms with E-state index in [1.165, 1.54) is 11.1 Å². The van der Waals surface area contributed by atoms with Crippen molar-refractivity contribution in [1.29, 1.82) is 0 Å². The van der Waals surface area contributed by atoms with Crippen molar-refractivity contribution in [3.05, 3.63) is 47.8 Å². The summed E-state index contributed by atoms with van der Waals surface area (Å²) < 4.78 is 0. The smallest absolute Gasteiger partial charge is 0.134 e. The Morgan fingerprint density at radius 2 is 1.91 bits per heavy atom. The molecule has 1 aromatic carbocycles. The number of hydrogen-bond donors (Lipinski definition) is 1. The molecule has 1 saturated heterocycles. The summed E-state index contributed by atoms with van der Waals surface area (Å²) in [5, 5.41) is 9.53. The van der Waals surface area contributed by atoms with Gasteiger partial charge in [-0.3, -0.25) is 0 Å². The molecule has 1 atom stereocenters. The summed E-state index contributed by atoms with van der Waals surface area (Å²) in [4.78, 5) is 13.4. The highest BCUT2D eigenvalue weighted by Gasteiger charge is 2.26. The maximum Gasteiger partial charge on any atom is 0.134 e. The maximum atomic E-state index is 9.53. The Labute approximate surface area is 136 Å². The molecule has 0 saturated carbocycles. The second-order valence-corrected chi connectivity index (χ2v) is 6.35. The molecule has 2 aromatic rings. The Balaban J connectivity index is 1.57. The molecule has 0 spiro atoms. The van der Waals surface area contributed by atoms with Crippen LogP contribution in [-0.2, 0) is 13.0 Å². The normalized spacial score (nSPS) is 20.7. The summed E-state index contributed by atoms with van der Waals surface area (Å²) in [6, 6.07) is 10.9. The average molecular weight is 310 g/mol. The van der Waals surface area contributed by atoms with E-state index in [1.807, 2.05) is 0 Å². The zero-order valence-corrected chi connectivity index (χ0v) is 13.2. The van der Waals surface area contributed by atoms with Gasteiger partial charge < -0.3 is 14.9 Å². The van der Waals surface area contributed by atoms with E-state index < -0.39 is 0 Å². The molecule has 1 N–H and O–H groups in total. The Kier molecular flexibility index (Phi) is 3.87. The highest BCUT2D eigenvalue weighted by molar-refractivity contribution is 5.53. The minimum Gasteiger partial charge on any atom is -0.394 e. The Hall–Kier alpha value is -2.14. The van der Waals surface area contributed by atoms with Crippen molar-refractivity contribution in [3.8, 4) is 0 Å². The predicted molar refractivity (Wildman–Crippen MR) is 90.7 cm³/mol. The lowest BCUT2D eigenvalue weighted by atomic mass is 10.00. The highest BCUT2D eigenvalue weighted by atomic mass is 16.3. The van der Waals surface area contributed by atoms with E-state index in [2.05, 4.69) is 50.1 Å². The molecule has 3 heterocycles. The summed E-state index contributed by atoms with van der Waals surface area (Å²) in [7, 11) is 0. The molecule has 1 aromatic heterocycles. The van der Waals surface area contributed by atoms with Crippen molar-refractivity contribution in [2.45, 2.75) is 31.8 Å². The van der Waals surface area contributed by atoms with Crippen molar-refractivity contribution < 1.29 is 5.11 Å². The first-order valence-corrected chi connectivity index (χ1v) is 8.36. The van der Waals surface area contributed by atoms with Crippen LogP contribution in [0.4, 0.5) is 11.6 Å².